The second-order valence-corrected chi connectivity index (χ2v) is 6.24. The molecule has 0 bridgehead atoms. The highest BCUT2D eigenvalue weighted by molar-refractivity contribution is 5.96. The maximum Gasteiger partial charge on any atom is 0.241 e. The molecule has 0 aliphatic carbocycles. The molecule has 20 heavy (non-hydrogen) atoms. The Kier molecular flexibility index (Phi) is 3.52. The number of anilines is 1. The van der Waals surface area contributed by atoms with Crippen molar-refractivity contribution in [1.82, 2.24) is 4.90 Å². The average Bonchev–Trinajstić information content (AvgIpc) is 2.77. The molecule has 0 aromatic heterocycles. The van der Waals surface area contributed by atoms with E-state index in [0.717, 1.165) is 38.0 Å². The number of likely N-dealkylation sites (tertiary alicyclic amines) is 1. The SMILES string of the molecule is CC1(O)CCN(CC(=O)N2CCCc3ccccc32)C1. The fourth-order valence-corrected chi connectivity index (χ4v) is 3.24. The van der Waals surface area contributed by atoms with Crippen LogP contribution in [0.15, 0.2) is 24.3 Å². The summed E-state index contributed by atoms with van der Waals surface area (Å²) in [4.78, 5) is 16.5. The number of para-hydroxylation sites is 1. The molecule has 4 nitrogen and oxygen atoms in total. The van der Waals surface area contributed by atoms with E-state index >= 15 is 0 Å². The lowest BCUT2D eigenvalue weighted by atomic mass is 10.0. The van der Waals surface area contributed by atoms with Crippen molar-refractivity contribution in [1.29, 1.82) is 0 Å². The molecule has 1 unspecified atom stereocenters. The molecule has 2 heterocycles. The van der Waals surface area contributed by atoms with Gasteiger partial charge < -0.3 is 10.0 Å². The van der Waals surface area contributed by atoms with Crippen LogP contribution >= 0.6 is 0 Å². The fourth-order valence-electron chi connectivity index (χ4n) is 3.24. The predicted octanol–water partition coefficient (Wildman–Crippen LogP) is 1.42. The van der Waals surface area contributed by atoms with Gasteiger partial charge in [0.1, 0.15) is 0 Å². The summed E-state index contributed by atoms with van der Waals surface area (Å²) in [6, 6.07) is 8.16. The van der Waals surface area contributed by atoms with E-state index in [4.69, 9.17) is 0 Å². The molecule has 4 heteroatoms. The van der Waals surface area contributed by atoms with E-state index in [0.29, 0.717) is 13.1 Å². The van der Waals surface area contributed by atoms with Crippen molar-refractivity contribution in [2.75, 3.05) is 31.1 Å². The third-order valence-corrected chi connectivity index (χ3v) is 4.30. The Bertz CT molecular complexity index is 513. The van der Waals surface area contributed by atoms with E-state index in [2.05, 4.69) is 11.0 Å². The number of benzene rings is 1. The van der Waals surface area contributed by atoms with E-state index in [9.17, 15) is 9.90 Å². The Hall–Kier alpha value is -1.39. The molecular formula is C16H22N2O2. The average molecular weight is 274 g/mol. The second-order valence-electron chi connectivity index (χ2n) is 6.24. The molecular weight excluding hydrogens is 252 g/mol. The number of hydrogen-bond acceptors (Lipinski definition) is 3. The molecule has 1 N–H and O–H groups in total. The minimum absolute atomic E-state index is 0.148. The van der Waals surface area contributed by atoms with Crippen LogP contribution in [0.2, 0.25) is 0 Å². The maximum absolute atomic E-state index is 12.5. The maximum atomic E-state index is 12.5. The van der Waals surface area contributed by atoms with Gasteiger partial charge in [0.2, 0.25) is 5.91 Å². The number of fused-ring (bicyclic) bond motifs is 1. The van der Waals surface area contributed by atoms with Gasteiger partial charge in [-0.3, -0.25) is 9.69 Å². The minimum atomic E-state index is -0.639. The monoisotopic (exact) mass is 274 g/mol. The van der Waals surface area contributed by atoms with Gasteiger partial charge >= 0.3 is 0 Å². The van der Waals surface area contributed by atoms with E-state index < -0.39 is 5.60 Å². The first-order chi connectivity index (χ1) is 9.55. The first kappa shape index (κ1) is 13.6. The zero-order valence-electron chi connectivity index (χ0n) is 12.0. The second kappa shape index (κ2) is 5.19. The molecule has 1 amide bonds. The van der Waals surface area contributed by atoms with E-state index in [-0.39, 0.29) is 5.91 Å². The lowest BCUT2D eigenvalue weighted by Crippen LogP contribution is -2.43. The number of carbonyl (C=O) groups excluding carboxylic acids is 1. The van der Waals surface area contributed by atoms with Gasteiger partial charge in [0.15, 0.2) is 0 Å². The van der Waals surface area contributed by atoms with Crippen LogP contribution in [-0.2, 0) is 11.2 Å². The van der Waals surface area contributed by atoms with Crippen molar-refractivity contribution in [3.8, 4) is 0 Å². The normalized spacial score (nSPS) is 26.6. The Morgan fingerprint density at radius 1 is 1.35 bits per heavy atom. The van der Waals surface area contributed by atoms with Crippen LogP contribution in [0.5, 0.6) is 0 Å². The topological polar surface area (TPSA) is 43.8 Å². The summed E-state index contributed by atoms with van der Waals surface area (Å²) in [5.41, 5.74) is 1.69. The Balaban J connectivity index is 1.70. The molecule has 3 rings (SSSR count). The van der Waals surface area contributed by atoms with Gasteiger partial charge in [-0.05, 0) is 37.8 Å². The number of amides is 1. The number of nitrogens with zero attached hydrogens (tertiary/aromatic N) is 2. The van der Waals surface area contributed by atoms with Crippen molar-refractivity contribution >= 4 is 11.6 Å². The van der Waals surface area contributed by atoms with Crippen molar-refractivity contribution in [3.63, 3.8) is 0 Å². The summed E-state index contributed by atoms with van der Waals surface area (Å²) in [6.45, 7) is 4.45. The number of β-amino-alcohol motifs (C(OH)–C–C–N with tert-alkyl or cyclic N) is 1. The summed E-state index contributed by atoms with van der Waals surface area (Å²) in [6.07, 6.45) is 2.83. The van der Waals surface area contributed by atoms with Crippen LogP contribution in [0.1, 0.15) is 25.3 Å². The van der Waals surface area contributed by atoms with Crippen molar-refractivity contribution < 1.29 is 9.90 Å². The van der Waals surface area contributed by atoms with Crippen LogP contribution in [0, 0.1) is 0 Å². The first-order valence-corrected chi connectivity index (χ1v) is 7.38. The highest BCUT2D eigenvalue weighted by Gasteiger charge is 2.33. The molecule has 1 aromatic carbocycles. The van der Waals surface area contributed by atoms with Crippen LogP contribution in [0.25, 0.3) is 0 Å². The Morgan fingerprint density at radius 3 is 2.90 bits per heavy atom. The summed E-state index contributed by atoms with van der Waals surface area (Å²) in [5, 5.41) is 9.98. The molecule has 1 saturated heterocycles. The van der Waals surface area contributed by atoms with E-state index in [1.165, 1.54) is 5.56 Å². The molecule has 0 spiro atoms. The van der Waals surface area contributed by atoms with Gasteiger partial charge in [-0.15, -0.1) is 0 Å². The van der Waals surface area contributed by atoms with Gasteiger partial charge in [0.25, 0.3) is 0 Å². The lowest BCUT2D eigenvalue weighted by molar-refractivity contribution is -0.119. The molecule has 1 aromatic rings. The number of hydrogen-bond donors (Lipinski definition) is 1. The van der Waals surface area contributed by atoms with Crippen LogP contribution in [0.4, 0.5) is 5.69 Å². The van der Waals surface area contributed by atoms with E-state index in [1.54, 1.807) is 0 Å². The molecule has 108 valence electrons. The van der Waals surface area contributed by atoms with Crippen LogP contribution < -0.4 is 4.90 Å². The summed E-state index contributed by atoms with van der Waals surface area (Å²) < 4.78 is 0. The first-order valence-electron chi connectivity index (χ1n) is 7.38. The van der Waals surface area contributed by atoms with Crippen molar-refractivity contribution in [2.45, 2.75) is 31.8 Å². The number of aliphatic hydroxyl groups is 1. The van der Waals surface area contributed by atoms with Gasteiger partial charge in [0.05, 0.1) is 12.1 Å². The molecule has 2 aliphatic heterocycles. The highest BCUT2D eigenvalue weighted by atomic mass is 16.3. The summed E-state index contributed by atoms with van der Waals surface area (Å²) in [7, 11) is 0. The third kappa shape index (κ3) is 2.72. The third-order valence-electron chi connectivity index (χ3n) is 4.30. The van der Waals surface area contributed by atoms with Gasteiger partial charge in [0, 0.05) is 25.3 Å². The molecule has 0 saturated carbocycles. The van der Waals surface area contributed by atoms with Gasteiger partial charge in [-0.2, -0.15) is 0 Å². The Morgan fingerprint density at radius 2 is 2.15 bits per heavy atom. The number of carbonyl (C=O) groups is 1. The quantitative estimate of drug-likeness (QED) is 0.887. The van der Waals surface area contributed by atoms with E-state index in [1.807, 2.05) is 30.0 Å². The van der Waals surface area contributed by atoms with Crippen molar-refractivity contribution in [3.05, 3.63) is 29.8 Å². The zero-order valence-corrected chi connectivity index (χ0v) is 12.0. The standard InChI is InChI=1S/C16H22N2O2/c1-16(20)8-10-17(12-16)11-15(19)18-9-4-6-13-5-2-3-7-14(13)18/h2-3,5,7,20H,4,6,8-12H2,1H3. The minimum Gasteiger partial charge on any atom is -0.389 e. The van der Waals surface area contributed by atoms with Crippen LogP contribution in [0.3, 0.4) is 0 Å². The number of aryl methyl sites for hydroxylation is 1. The lowest BCUT2D eigenvalue weighted by Gasteiger charge is -2.31. The largest absolute Gasteiger partial charge is 0.389 e. The highest BCUT2D eigenvalue weighted by Crippen LogP contribution is 2.27. The predicted molar refractivity (Wildman–Crippen MR) is 78.8 cm³/mol. The van der Waals surface area contributed by atoms with Gasteiger partial charge in [-0.25, -0.2) is 0 Å². The summed E-state index contributed by atoms with van der Waals surface area (Å²) in [5.74, 6) is 0.148. The smallest absolute Gasteiger partial charge is 0.241 e. The molecule has 1 fully saturated rings. The summed E-state index contributed by atoms with van der Waals surface area (Å²) >= 11 is 0. The fraction of sp³-hybridized carbons (Fsp3) is 0.562. The molecule has 0 radical (unpaired) electrons. The number of rotatable bonds is 2. The molecule has 1 atom stereocenters. The Labute approximate surface area is 120 Å². The molecule has 2 aliphatic rings. The van der Waals surface area contributed by atoms with Crippen LogP contribution in [-0.4, -0.2) is 47.7 Å². The van der Waals surface area contributed by atoms with Crippen molar-refractivity contribution in [2.24, 2.45) is 0 Å². The zero-order chi connectivity index (χ0) is 14.2. The van der Waals surface area contributed by atoms with Gasteiger partial charge in [-0.1, -0.05) is 18.2 Å².